The lowest BCUT2D eigenvalue weighted by atomic mass is 10.2. The topological polar surface area (TPSA) is 39.7 Å². The highest BCUT2D eigenvalue weighted by molar-refractivity contribution is 4.66. The molecule has 0 aromatic rings. The SMILES string of the molecule is CCCCOCCOCCNCC1CCCO1. The summed E-state index contributed by atoms with van der Waals surface area (Å²) in [5, 5.41) is 3.35. The van der Waals surface area contributed by atoms with Gasteiger partial charge in [0, 0.05) is 26.3 Å². The van der Waals surface area contributed by atoms with Gasteiger partial charge in [0.2, 0.25) is 0 Å². The minimum Gasteiger partial charge on any atom is -0.379 e. The zero-order valence-electron chi connectivity index (χ0n) is 11.1. The van der Waals surface area contributed by atoms with Crippen LogP contribution >= 0.6 is 0 Å². The molecule has 1 aliphatic rings. The second kappa shape index (κ2) is 11.0. The van der Waals surface area contributed by atoms with E-state index in [1.807, 2.05) is 0 Å². The highest BCUT2D eigenvalue weighted by atomic mass is 16.5. The first-order valence-corrected chi connectivity index (χ1v) is 6.91. The molecule has 102 valence electrons. The fourth-order valence-electron chi connectivity index (χ4n) is 1.78. The number of hydrogen-bond donors (Lipinski definition) is 1. The summed E-state index contributed by atoms with van der Waals surface area (Å²) in [5.41, 5.74) is 0. The van der Waals surface area contributed by atoms with E-state index in [2.05, 4.69) is 12.2 Å². The fourth-order valence-corrected chi connectivity index (χ4v) is 1.78. The molecule has 1 N–H and O–H groups in total. The van der Waals surface area contributed by atoms with Crippen molar-refractivity contribution >= 4 is 0 Å². The van der Waals surface area contributed by atoms with Crippen molar-refractivity contribution in [3.8, 4) is 0 Å². The fraction of sp³-hybridized carbons (Fsp3) is 1.00. The normalized spacial score (nSPS) is 19.9. The Kier molecular flexibility index (Phi) is 9.61. The number of ether oxygens (including phenoxy) is 3. The third-order valence-corrected chi connectivity index (χ3v) is 2.83. The van der Waals surface area contributed by atoms with Gasteiger partial charge in [-0.05, 0) is 19.3 Å². The number of unbranched alkanes of at least 4 members (excludes halogenated alkanes) is 1. The first-order valence-electron chi connectivity index (χ1n) is 6.91. The Morgan fingerprint density at radius 2 is 2.00 bits per heavy atom. The van der Waals surface area contributed by atoms with Crippen LogP contribution in [0.2, 0.25) is 0 Å². The molecule has 0 aliphatic carbocycles. The van der Waals surface area contributed by atoms with E-state index in [4.69, 9.17) is 14.2 Å². The van der Waals surface area contributed by atoms with Gasteiger partial charge >= 0.3 is 0 Å². The van der Waals surface area contributed by atoms with Gasteiger partial charge in [-0.1, -0.05) is 13.3 Å². The van der Waals surface area contributed by atoms with Gasteiger partial charge in [0.25, 0.3) is 0 Å². The zero-order valence-corrected chi connectivity index (χ0v) is 11.1. The van der Waals surface area contributed by atoms with E-state index < -0.39 is 0 Å². The van der Waals surface area contributed by atoms with Crippen LogP contribution in [-0.2, 0) is 14.2 Å². The molecule has 0 amide bonds. The predicted octanol–water partition coefficient (Wildman–Crippen LogP) is 1.59. The average Bonchev–Trinajstić information content (AvgIpc) is 2.85. The average molecular weight is 245 g/mol. The zero-order chi connectivity index (χ0) is 12.2. The largest absolute Gasteiger partial charge is 0.379 e. The third-order valence-electron chi connectivity index (χ3n) is 2.83. The standard InChI is InChI=1S/C13H27NO3/c1-2-3-7-15-10-11-16-9-6-14-12-13-5-4-8-17-13/h13-14H,2-12H2,1H3. The summed E-state index contributed by atoms with van der Waals surface area (Å²) in [4.78, 5) is 0. The van der Waals surface area contributed by atoms with Crippen molar-refractivity contribution < 1.29 is 14.2 Å². The van der Waals surface area contributed by atoms with Crippen molar-refractivity contribution in [1.82, 2.24) is 5.32 Å². The van der Waals surface area contributed by atoms with Crippen molar-refractivity contribution in [3.05, 3.63) is 0 Å². The van der Waals surface area contributed by atoms with E-state index in [1.54, 1.807) is 0 Å². The van der Waals surface area contributed by atoms with Gasteiger partial charge in [0.1, 0.15) is 0 Å². The van der Waals surface area contributed by atoms with Crippen LogP contribution in [0, 0.1) is 0 Å². The van der Waals surface area contributed by atoms with Crippen molar-refractivity contribution in [1.29, 1.82) is 0 Å². The molecule has 0 saturated carbocycles. The maximum Gasteiger partial charge on any atom is 0.0701 e. The summed E-state index contributed by atoms with van der Waals surface area (Å²) in [7, 11) is 0. The molecule has 0 aromatic carbocycles. The van der Waals surface area contributed by atoms with Crippen molar-refractivity contribution in [2.45, 2.75) is 38.7 Å². The summed E-state index contributed by atoms with van der Waals surface area (Å²) in [6.45, 7) is 7.97. The first-order chi connectivity index (χ1) is 8.43. The van der Waals surface area contributed by atoms with Crippen molar-refractivity contribution in [2.24, 2.45) is 0 Å². The second-order valence-electron chi connectivity index (χ2n) is 4.42. The van der Waals surface area contributed by atoms with Gasteiger partial charge in [0.05, 0.1) is 25.9 Å². The number of nitrogens with one attached hydrogen (secondary N) is 1. The summed E-state index contributed by atoms with van der Waals surface area (Å²) in [6, 6.07) is 0. The maximum absolute atomic E-state index is 5.51. The molecule has 0 bridgehead atoms. The lowest BCUT2D eigenvalue weighted by Gasteiger charge is -2.10. The second-order valence-corrected chi connectivity index (χ2v) is 4.42. The van der Waals surface area contributed by atoms with Crippen molar-refractivity contribution in [2.75, 3.05) is 46.1 Å². The van der Waals surface area contributed by atoms with Crippen LogP contribution in [0.5, 0.6) is 0 Å². The molecule has 0 radical (unpaired) electrons. The lowest BCUT2D eigenvalue weighted by molar-refractivity contribution is 0.0463. The highest BCUT2D eigenvalue weighted by Crippen LogP contribution is 2.10. The van der Waals surface area contributed by atoms with Crippen molar-refractivity contribution in [3.63, 3.8) is 0 Å². The molecular formula is C13H27NO3. The molecule has 1 atom stereocenters. The summed E-state index contributed by atoms with van der Waals surface area (Å²) in [5.74, 6) is 0. The minimum absolute atomic E-state index is 0.423. The Morgan fingerprint density at radius 3 is 2.71 bits per heavy atom. The molecular weight excluding hydrogens is 218 g/mol. The van der Waals surface area contributed by atoms with Crippen LogP contribution < -0.4 is 5.32 Å². The van der Waals surface area contributed by atoms with Gasteiger partial charge in [0.15, 0.2) is 0 Å². The minimum atomic E-state index is 0.423. The van der Waals surface area contributed by atoms with E-state index in [1.165, 1.54) is 19.3 Å². The summed E-state index contributed by atoms with van der Waals surface area (Å²) < 4.78 is 16.4. The van der Waals surface area contributed by atoms with E-state index in [-0.39, 0.29) is 0 Å². The van der Waals surface area contributed by atoms with Gasteiger partial charge in [-0.25, -0.2) is 0 Å². The quantitative estimate of drug-likeness (QED) is 0.561. The Labute approximate surface area is 105 Å². The van der Waals surface area contributed by atoms with Crippen LogP contribution in [0.4, 0.5) is 0 Å². The monoisotopic (exact) mass is 245 g/mol. The van der Waals surface area contributed by atoms with E-state index in [9.17, 15) is 0 Å². The van der Waals surface area contributed by atoms with Gasteiger partial charge < -0.3 is 19.5 Å². The Morgan fingerprint density at radius 1 is 1.18 bits per heavy atom. The van der Waals surface area contributed by atoms with E-state index in [0.29, 0.717) is 19.3 Å². The third kappa shape index (κ3) is 8.55. The summed E-state index contributed by atoms with van der Waals surface area (Å²) >= 11 is 0. The molecule has 1 heterocycles. The Hall–Kier alpha value is -0.160. The molecule has 17 heavy (non-hydrogen) atoms. The van der Waals surface area contributed by atoms with Crippen LogP contribution in [0.1, 0.15) is 32.6 Å². The highest BCUT2D eigenvalue weighted by Gasteiger charge is 2.13. The molecule has 1 unspecified atom stereocenters. The molecule has 1 saturated heterocycles. The van der Waals surface area contributed by atoms with Crippen LogP contribution in [0.3, 0.4) is 0 Å². The van der Waals surface area contributed by atoms with Crippen LogP contribution in [0.15, 0.2) is 0 Å². The van der Waals surface area contributed by atoms with Crippen LogP contribution in [-0.4, -0.2) is 52.2 Å². The molecule has 1 rings (SSSR count). The molecule has 0 spiro atoms. The van der Waals surface area contributed by atoms with Crippen LogP contribution in [0.25, 0.3) is 0 Å². The van der Waals surface area contributed by atoms with Gasteiger partial charge in [-0.15, -0.1) is 0 Å². The van der Waals surface area contributed by atoms with Gasteiger partial charge in [-0.3, -0.25) is 0 Å². The predicted molar refractivity (Wildman–Crippen MR) is 68.4 cm³/mol. The Balaban J connectivity index is 1.69. The number of rotatable bonds is 11. The summed E-state index contributed by atoms with van der Waals surface area (Å²) in [6.07, 6.45) is 5.15. The molecule has 0 aromatic heterocycles. The van der Waals surface area contributed by atoms with E-state index in [0.717, 1.165) is 39.3 Å². The first kappa shape index (κ1) is 14.9. The smallest absolute Gasteiger partial charge is 0.0701 e. The van der Waals surface area contributed by atoms with Gasteiger partial charge in [-0.2, -0.15) is 0 Å². The lowest BCUT2D eigenvalue weighted by Crippen LogP contribution is -2.29. The number of hydrogen-bond acceptors (Lipinski definition) is 4. The molecule has 4 heteroatoms. The maximum atomic E-state index is 5.51. The van der Waals surface area contributed by atoms with E-state index >= 15 is 0 Å². The molecule has 4 nitrogen and oxygen atoms in total. The molecule has 1 aliphatic heterocycles. The Bertz CT molecular complexity index is 161. The molecule has 1 fully saturated rings.